The van der Waals surface area contributed by atoms with Crippen molar-refractivity contribution in [2.45, 2.75) is 6.10 Å². The topological polar surface area (TPSA) is 71.1 Å². The van der Waals surface area contributed by atoms with Crippen molar-refractivity contribution >= 4 is 40.7 Å². The monoisotopic (exact) mass is 449 g/mol. The third-order valence-electron chi connectivity index (χ3n) is 5.04. The van der Waals surface area contributed by atoms with Crippen molar-refractivity contribution in [1.82, 2.24) is 9.80 Å². The van der Waals surface area contributed by atoms with E-state index in [-0.39, 0.29) is 25.0 Å². The van der Waals surface area contributed by atoms with Crippen LogP contribution in [-0.4, -0.2) is 67.0 Å². The number of carbonyl (C=O) groups is 2. The molecule has 0 spiro atoms. The summed E-state index contributed by atoms with van der Waals surface area (Å²) in [5, 5.41) is 3.71. The summed E-state index contributed by atoms with van der Waals surface area (Å²) in [5.41, 5.74) is 0.484. The summed E-state index contributed by atoms with van der Waals surface area (Å²) in [5.74, 6) is 0.952. The number of fused-ring (bicyclic) bond motifs is 1. The van der Waals surface area contributed by atoms with E-state index in [4.69, 9.17) is 32.7 Å². The summed E-state index contributed by atoms with van der Waals surface area (Å²) in [4.78, 5) is 28.9. The molecular formula is C21H21Cl2N3O4. The molecule has 1 saturated heterocycles. The molecule has 0 saturated carbocycles. The Hall–Kier alpha value is -2.48. The lowest BCUT2D eigenvalue weighted by Crippen LogP contribution is -2.54. The average Bonchev–Trinajstić information content (AvgIpc) is 2.76. The predicted octanol–water partition coefficient (Wildman–Crippen LogP) is 2.92. The molecule has 1 unspecified atom stereocenters. The van der Waals surface area contributed by atoms with E-state index in [2.05, 4.69) is 5.32 Å². The van der Waals surface area contributed by atoms with Crippen molar-refractivity contribution in [3.05, 3.63) is 52.5 Å². The SMILES string of the molecule is O=C(CN1CCN(C(=O)C2COc3ccccc3O2)CC1)Nc1cc(Cl)ccc1Cl. The van der Waals surface area contributed by atoms with Crippen LogP contribution < -0.4 is 14.8 Å². The van der Waals surface area contributed by atoms with Gasteiger partial charge in [-0.1, -0.05) is 35.3 Å². The summed E-state index contributed by atoms with van der Waals surface area (Å²) < 4.78 is 11.4. The Labute approximate surface area is 184 Å². The van der Waals surface area contributed by atoms with Crippen LogP contribution in [0.2, 0.25) is 10.0 Å². The van der Waals surface area contributed by atoms with E-state index < -0.39 is 6.10 Å². The van der Waals surface area contributed by atoms with Gasteiger partial charge in [-0.2, -0.15) is 0 Å². The molecule has 1 atom stereocenters. The van der Waals surface area contributed by atoms with E-state index in [1.807, 2.05) is 23.1 Å². The molecule has 2 aromatic carbocycles. The third kappa shape index (κ3) is 4.80. The van der Waals surface area contributed by atoms with Gasteiger partial charge in [-0.3, -0.25) is 14.5 Å². The van der Waals surface area contributed by atoms with E-state index in [1.54, 1.807) is 29.2 Å². The van der Waals surface area contributed by atoms with Crippen molar-refractivity contribution in [3.8, 4) is 11.5 Å². The largest absolute Gasteiger partial charge is 0.485 e. The Balaban J connectivity index is 1.26. The zero-order valence-corrected chi connectivity index (χ0v) is 17.7. The van der Waals surface area contributed by atoms with Gasteiger partial charge in [0.2, 0.25) is 12.0 Å². The van der Waals surface area contributed by atoms with Gasteiger partial charge in [0.05, 0.1) is 17.3 Å². The van der Waals surface area contributed by atoms with Crippen LogP contribution in [0.3, 0.4) is 0 Å². The second-order valence-corrected chi connectivity index (χ2v) is 7.98. The number of hydrogen-bond donors (Lipinski definition) is 1. The van der Waals surface area contributed by atoms with Crippen LogP contribution in [-0.2, 0) is 9.59 Å². The fraction of sp³-hybridized carbons (Fsp3) is 0.333. The summed E-state index contributed by atoms with van der Waals surface area (Å²) in [6.45, 7) is 2.62. The number of amides is 2. The molecule has 7 nitrogen and oxygen atoms in total. The second kappa shape index (κ2) is 9.12. The first-order chi connectivity index (χ1) is 14.5. The van der Waals surface area contributed by atoms with Crippen LogP contribution in [0, 0.1) is 0 Å². The Morgan fingerprint density at radius 3 is 2.53 bits per heavy atom. The van der Waals surface area contributed by atoms with Crippen LogP contribution in [0.25, 0.3) is 0 Å². The normalized spacial score (nSPS) is 18.7. The molecule has 2 heterocycles. The minimum absolute atomic E-state index is 0.0979. The molecule has 30 heavy (non-hydrogen) atoms. The maximum atomic E-state index is 12.8. The molecule has 158 valence electrons. The summed E-state index contributed by atoms with van der Waals surface area (Å²) >= 11 is 12.0. The highest BCUT2D eigenvalue weighted by molar-refractivity contribution is 6.35. The molecule has 2 aliphatic rings. The molecule has 0 aliphatic carbocycles. The maximum absolute atomic E-state index is 12.8. The maximum Gasteiger partial charge on any atom is 0.267 e. The van der Waals surface area contributed by atoms with Gasteiger partial charge in [0.1, 0.15) is 6.61 Å². The van der Waals surface area contributed by atoms with Gasteiger partial charge >= 0.3 is 0 Å². The van der Waals surface area contributed by atoms with Gasteiger partial charge in [0, 0.05) is 31.2 Å². The second-order valence-electron chi connectivity index (χ2n) is 7.14. The first kappa shape index (κ1) is 20.8. The first-order valence-corrected chi connectivity index (χ1v) is 10.4. The molecule has 9 heteroatoms. The number of hydrogen-bond acceptors (Lipinski definition) is 5. The molecule has 0 radical (unpaired) electrons. The lowest BCUT2D eigenvalue weighted by molar-refractivity contribution is -0.143. The van der Waals surface area contributed by atoms with Gasteiger partial charge in [-0.15, -0.1) is 0 Å². The standard InChI is InChI=1S/C21H21Cl2N3O4/c22-14-5-6-15(23)16(11-14)24-20(27)12-25-7-9-26(10-8-25)21(28)19-13-29-17-3-1-2-4-18(17)30-19/h1-6,11,19H,7-10,12-13H2,(H,24,27). The first-order valence-electron chi connectivity index (χ1n) is 9.64. The Morgan fingerprint density at radius 1 is 1.03 bits per heavy atom. The molecule has 2 aromatic rings. The smallest absolute Gasteiger partial charge is 0.267 e. The number of carbonyl (C=O) groups excluding carboxylic acids is 2. The van der Waals surface area contributed by atoms with Crippen molar-refractivity contribution in [1.29, 1.82) is 0 Å². The fourth-order valence-corrected chi connectivity index (χ4v) is 3.79. The van der Waals surface area contributed by atoms with Gasteiger partial charge in [0.15, 0.2) is 11.5 Å². The van der Waals surface area contributed by atoms with Crippen molar-refractivity contribution in [3.63, 3.8) is 0 Å². The third-order valence-corrected chi connectivity index (χ3v) is 5.60. The van der Waals surface area contributed by atoms with Crippen molar-refractivity contribution in [2.24, 2.45) is 0 Å². The van der Waals surface area contributed by atoms with E-state index in [0.717, 1.165) is 0 Å². The van der Waals surface area contributed by atoms with Crippen LogP contribution in [0.1, 0.15) is 0 Å². The molecule has 4 rings (SSSR count). The number of nitrogens with zero attached hydrogens (tertiary/aromatic N) is 2. The van der Waals surface area contributed by atoms with Crippen LogP contribution >= 0.6 is 23.2 Å². The van der Waals surface area contributed by atoms with Crippen molar-refractivity contribution < 1.29 is 19.1 Å². The Bertz CT molecular complexity index is 948. The number of piperazine rings is 1. The van der Waals surface area contributed by atoms with Crippen molar-refractivity contribution in [2.75, 3.05) is 44.6 Å². The minimum Gasteiger partial charge on any atom is -0.485 e. The number of para-hydroxylation sites is 2. The van der Waals surface area contributed by atoms with E-state index in [1.165, 1.54) is 0 Å². The van der Waals surface area contributed by atoms with E-state index in [0.29, 0.717) is 53.4 Å². The highest BCUT2D eigenvalue weighted by Crippen LogP contribution is 2.31. The summed E-state index contributed by atoms with van der Waals surface area (Å²) in [6.07, 6.45) is -0.653. The van der Waals surface area contributed by atoms with Gasteiger partial charge in [-0.25, -0.2) is 0 Å². The number of halogens is 2. The molecule has 1 fully saturated rings. The number of rotatable bonds is 4. The number of nitrogens with one attached hydrogen (secondary N) is 1. The summed E-state index contributed by atoms with van der Waals surface area (Å²) in [7, 11) is 0. The van der Waals surface area contributed by atoms with Crippen LogP contribution in [0.15, 0.2) is 42.5 Å². The Morgan fingerprint density at radius 2 is 1.77 bits per heavy atom. The minimum atomic E-state index is -0.653. The molecule has 1 N–H and O–H groups in total. The molecular weight excluding hydrogens is 429 g/mol. The van der Waals surface area contributed by atoms with Gasteiger partial charge in [0.25, 0.3) is 5.91 Å². The van der Waals surface area contributed by atoms with Gasteiger partial charge < -0.3 is 19.7 Å². The molecule has 0 aromatic heterocycles. The zero-order valence-electron chi connectivity index (χ0n) is 16.1. The molecule has 2 aliphatic heterocycles. The lowest BCUT2D eigenvalue weighted by atomic mass is 10.2. The van der Waals surface area contributed by atoms with Crippen LogP contribution in [0.5, 0.6) is 11.5 Å². The number of ether oxygens (including phenoxy) is 2. The molecule has 2 amide bonds. The van der Waals surface area contributed by atoms with Crippen LogP contribution in [0.4, 0.5) is 5.69 Å². The predicted molar refractivity (Wildman–Crippen MR) is 114 cm³/mol. The molecule has 0 bridgehead atoms. The Kier molecular flexibility index (Phi) is 6.32. The highest BCUT2D eigenvalue weighted by atomic mass is 35.5. The quantitative estimate of drug-likeness (QED) is 0.776. The average molecular weight is 450 g/mol. The number of benzene rings is 2. The summed E-state index contributed by atoms with van der Waals surface area (Å²) in [6, 6.07) is 12.2. The number of anilines is 1. The van der Waals surface area contributed by atoms with E-state index >= 15 is 0 Å². The lowest BCUT2D eigenvalue weighted by Gasteiger charge is -2.36. The fourth-order valence-electron chi connectivity index (χ4n) is 3.46. The zero-order chi connectivity index (χ0) is 21.1. The van der Waals surface area contributed by atoms with E-state index in [9.17, 15) is 9.59 Å². The highest BCUT2D eigenvalue weighted by Gasteiger charge is 2.32. The van der Waals surface area contributed by atoms with Gasteiger partial charge in [-0.05, 0) is 30.3 Å².